The van der Waals surface area contributed by atoms with E-state index in [1.165, 1.54) is 13.3 Å². The van der Waals surface area contributed by atoms with Gasteiger partial charge in [-0.1, -0.05) is 0 Å². The summed E-state index contributed by atoms with van der Waals surface area (Å²) in [6, 6.07) is -1.04. The molecular formula is C21H28F3N5O3. The van der Waals surface area contributed by atoms with Crippen molar-refractivity contribution in [1.82, 2.24) is 15.2 Å². The zero-order valence-corrected chi connectivity index (χ0v) is 17.8. The molecule has 0 spiro atoms. The number of alkyl halides is 3. The zero-order valence-electron chi connectivity index (χ0n) is 17.8. The molecule has 4 rings (SSSR count). The number of nitrogens with one attached hydrogen (secondary N) is 2. The van der Waals surface area contributed by atoms with Crippen LogP contribution in [-0.2, 0) is 9.53 Å². The van der Waals surface area contributed by atoms with E-state index in [0.29, 0.717) is 17.4 Å². The number of hydrogen-bond donors (Lipinski definition) is 3. The van der Waals surface area contributed by atoms with Crippen LogP contribution in [0.4, 0.5) is 23.8 Å². The normalized spacial score (nSPS) is 23.2. The summed E-state index contributed by atoms with van der Waals surface area (Å²) >= 11 is 0. The highest BCUT2D eigenvalue weighted by molar-refractivity contribution is 5.94. The Bertz CT molecular complexity index is 847. The third kappa shape index (κ3) is 4.98. The number of pyridine rings is 1. The van der Waals surface area contributed by atoms with E-state index in [1.807, 2.05) is 5.32 Å². The summed E-state index contributed by atoms with van der Waals surface area (Å²) in [6.45, 7) is -0.546. The van der Waals surface area contributed by atoms with Gasteiger partial charge in [0.2, 0.25) is 5.91 Å². The lowest BCUT2D eigenvalue weighted by Gasteiger charge is -2.27. The van der Waals surface area contributed by atoms with Crippen LogP contribution in [-0.4, -0.2) is 60.3 Å². The Labute approximate surface area is 184 Å². The molecule has 1 aromatic heterocycles. The molecule has 0 radical (unpaired) electrons. The van der Waals surface area contributed by atoms with Crippen molar-refractivity contribution < 1.29 is 27.5 Å². The van der Waals surface area contributed by atoms with Gasteiger partial charge in [0.25, 0.3) is 0 Å². The average molecular weight is 455 g/mol. The first-order valence-electron chi connectivity index (χ1n) is 10.8. The van der Waals surface area contributed by atoms with Crippen molar-refractivity contribution in [1.29, 1.82) is 0 Å². The lowest BCUT2D eigenvalue weighted by molar-refractivity contribution is -0.150. The van der Waals surface area contributed by atoms with Crippen LogP contribution in [0, 0.1) is 17.8 Å². The predicted molar refractivity (Wildman–Crippen MR) is 109 cm³/mol. The van der Waals surface area contributed by atoms with Gasteiger partial charge in [0.05, 0.1) is 25.2 Å². The number of ether oxygens (including phenoxy) is 1. The molecule has 3 atom stereocenters. The Morgan fingerprint density at radius 2 is 2.00 bits per heavy atom. The number of halogens is 3. The molecular weight excluding hydrogens is 427 g/mol. The first kappa shape index (κ1) is 22.8. The van der Waals surface area contributed by atoms with Crippen molar-refractivity contribution in [3.05, 3.63) is 23.9 Å². The number of nitrogens with zero attached hydrogens (tertiary/aromatic N) is 2. The lowest BCUT2D eigenvalue weighted by atomic mass is 9.89. The monoisotopic (exact) mass is 455 g/mol. The number of methoxy groups -OCH3 is 1. The lowest BCUT2D eigenvalue weighted by Crippen LogP contribution is -2.44. The zero-order chi connectivity index (χ0) is 23.0. The maximum absolute atomic E-state index is 13.1. The fourth-order valence-electron chi connectivity index (χ4n) is 4.58. The number of nitrogens with two attached hydrogens (primary N) is 1. The van der Waals surface area contributed by atoms with E-state index in [-0.39, 0.29) is 24.2 Å². The molecule has 32 heavy (non-hydrogen) atoms. The number of amides is 3. The fraction of sp³-hybridized carbons (Fsp3) is 0.667. The number of anilines is 1. The van der Waals surface area contributed by atoms with Crippen LogP contribution < -0.4 is 16.4 Å². The van der Waals surface area contributed by atoms with Gasteiger partial charge in [0.15, 0.2) is 0 Å². The van der Waals surface area contributed by atoms with Crippen LogP contribution in [0.25, 0.3) is 0 Å². The van der Waals surface area contributed by atoms with E-state index in [9.17, 15) is 22.8 Å². The number of carbonyl (C=O) groups excluding carboxylic acids is 2. The number of urea groups is 1. The maximum Gasteiger partial charge on any atom is 0.410 e. The van der Waals surface area contributed by atoms with Crippen LogP contribution in [0.5, 0.6) is 0 Å². The summed E-state index contributed by atoms with van der Waals surface area (Å²) in [5.74, 6) is 1.10. The molecule has 2 aliphatic carbocycles. The molecule has 0 aromatic carbocycles. The van der Waals surface area contributed by atoms with Crippen molar-refractivity contribution in [2.45, 2.75) is 50.0 Å². The molecule has 3 fully saturated rings. The molecule has 0 bridgehead atoms. The molecule has 3 aliphatic rings. The fourth-order valence-corrected chi connectivity index (χ4v) is 4.58. The second kappa shape index (κ2) is 8.86. The van der Waals surface area contributed by atoms with Crippen LogP contribution in [0.1, 0.15) is 37.3 Å². The number of hydrogen-bond acceptors (Lipinski definition) is 5. The van der Waals surface area contributed by atoms with Gasteiger partial charge in [-0.25, -0.2) is 9.78 Å². The van der Waals surface area contributed by atoms with Gasteiger partial charge in [-0.3, -0.25) is 4.79 Å². The van der Waals surface area contributed by atoms with E-state index in [2.05, 4.69) is 10.3 Å². The van der Waals surface area contributed by atoms with Crippen LogP contribution in [0.2, 0.25) is 0 Å². The minimum Gasteiger partial charge on any atom is -0.382 e. The summed E-state index contributed by atoms with van der Waals surface area (Å²) in [7, 11) is 1.40. The molecule has 2 heterocycles. The number of rotatable bonds is 9. The molecule has 1 aromatic rings. The van der Waals surface area contributed by atoms with Gasteiger partial charge < -0.3 is 26.0 Å². The van der Waals surface area contributed by atoms with Gasteiger partial charge in [-0.05, 0) is 61.1 Å². The minimum atomic E-state index is -4.55. The highest BCUT2D eigenvalue weighted by Crippen LogP contribution is 2.50. The van der Waals surface area contributed by atoms with Crippen molar-refractivity contribution in [3.8, 4) is 0 Å². The summed E-state index contributed by atoms with van der Waals surface area (Å²) in [6.07, 6.45) is 1.30. The first-order chi connectivity index (χ1) is 15.2. The second-order valence-corrected chi connectivity index (χ2v) is 8.91. The van der Waals surface area contributed by atoms with Crippen molar-refractivity contribution >= 4 is 17.8 Å². The third-order valence-corrected chi connectivity index (χ3v) is 6.50. The Balaban J connectivity index is 1.47. The standard InChI is InChI=1S/C21H28F3N5O3/c1-32-10-14(29-9-15(21(22,23)24)27-20(29)31)13-6-7-26-16(8-13)28-19(30)18(25)17(11-2-3-11)12-4-5-12/h6-8,11-12,14-15,17-18H,2-5,9-10,25H2,1H3,(H,27,31)(H,26,28,30)/t14-,15+,18+/m1/s1. The van der Waals surface area contributed by atoms with E-state index in [0.717, 1.165) is 30.6 Å². The van der Waals surface area contributed by atoms with Gasteiger partial charge in [0.1, 0.15) is 11.9 Å². The molecule has 2 saturated carbocycles. The average Bonchev–Trinajstić information content (AvgIpc) is 3.66. The van der Waals surface area contributed by atoms with Crippen LogP contribution >= 0.6 is 0 Å². The van der Waals surface area contributed by atoms with Crippen LogP contribution in [0.15, 0.2) is 18.3 Å². The Hall–Kier alpha value is -2.40. The van der Waals surface area contributed by atoms with E-state index < -0.39 is 36.9 Å². The van der Waals surface area contributed by atoms with Crippen molar-refractivity contribution in [3.63, 3.8) is 0 Å². The second-order valence-electron chi connectivity index (χ2n) is 8.91. The Morgan fingerprint density at radius 1 is 1.34 bits per heavy atom. The highest BCUT2D eigenvalue weighted by atomic mass is 19.4. The molecule has 4 N–H and O–H groups in total. The molecule has 3 amide bonds. The quantitative estimate of drug-likeness (QED) is 0.530. The molecule has 176 valence electrons. The smallest absolute Gasteiger partial charge is 0.382 e. The maximum atomic E-state index is 13.1. The number of aromatic nitrogens is 1. The van der Waals surface area contributed by atoms with E-state index in [1.54, 1.807) is 12.1 Å². The number of carbonyl (C=O) groups is 2. The molecule has 0 unspecified atom stereocenters. The first-order valence-corrected chi connectivity index (χ1v) is 10.8. The van der Waals surface area contributed by atoms with Gasteiger partial charge >= 0.3 is 12.2 Å². The summed E-state index contributed by atoms with van der Waals surface area (Å²) < 4.78 is 44.4. The third-order valence-electron chi connectivity index (χ3n) is 6.50. The summed E-state index contributed by atoms with van der Waals surface area (Å²) in [5.41, 5.74) is 6.79. The van der Waals surface area contributed by atoms with Crippen molar-refractivity contribution in [2.75, 3.05) is 25.6 Å². The Kier molecular flexibility index (Phi) is 6.30. The largest absolute Gasteiger partial charge is 0.410 e. The summed E-state index contributed by atoms with van der Waals surface area (Å²) in [5, 5.41) is 4.71. The molecule has 1 aliphatic heterocycles. The van der Waals surface area contributed by atoms with E-state index >= 15 is 0 Å². The van der Waals surface area contributed by atoms with E-state index in [4.69, 9.17) is 10.5 Å². The topological polar surface area (TPSA) is 110 Å². The molecule has 11 heteroatoms. The van der Waals surface area contributed by atoms with Gasteiger partial charge in [-0.2, -0.15) is 13.2 Å². The summed E-state index contributed by atoms with van der Waals surface area (Å²) in [4.78, 5) is 30.3. The minimum absolute atomic E-state index is 0.0135. The molecule has 1 saturated heterocycles. The van der Waals surface area contributed by atoms with Crippen LogP contribution in [0.3, 0.4) is 0 Å². The van der Waals surface area contributed by atoms with Gasteiger partial charge in [-0.15, -0.1) is 0 Å². The predicted octanol–water partition coefficient (Wildman–Crippen LogP) is 2.43. The van der Waals surface area contributed by atoms with Gasteiger partial charge in [0, 0.05) is 13.3 Å². The Morgan fingerprint density at radius 3 is 2.53 bits per heavy atom. The molecule has 8 nitrogen and oxygen atoms in total. The highest BCUT2D eigenvalue weighted by Gasteiger charge is 2.49. The van der Waals surface area contributed by atoms with Crippen molar-refractivity contribution in [2.24, 2.45) is 23.5 Å². The SMILES string of the molecule is COC[C@H](c1ccnc(NC(=O)[C@@H](N)C(C2CC2)C2CC2)c1)N1C[C@@H](C(F)(F)F)NC1=O.